The number of carbonyl (C=O) groups is 3. The van der Waals surface area contributed by atoms with Crippen LogP contribution in [0.1, 0.15) is 11.1 Å². The van der Waals surface area contributed by atoms with E-state index in [1.54, 1.807) is 24.3 Å². The molecule has 0 radical (unpaired) electrons. The number of fused-ring (bicyclic) bond motifs is 1. The number of nitrogens with zero attached hydrogens (tertiary/aromatic N) is 2. The van der Waals surface area contributed by atoms with Gasteiger partial charge in [-0.2, -0.15) is 0 Å². The first-order valence-electron chi connectivity index (χ1n) is 9.78. The Kier molecular flexibility index (Phi) is 5.99. The number of nitrogens with one attached hydrogen (secondary N) is 1. The molecule has 0 spiro atoms. The predicted octanol–water partition coefficient (Wildman–Crippen LogP) is 0.665. The van der Waals surface area contributed by atoms with Crippen molar-refractivity contribution in [3.8, 4) is 0 Å². The molecule has 32 heavy (non-hydrogen) atoms. The Hall–Kier alpha value is -3.60. The molecule has 2 aliphatic rings. The maximum absolute atomic E-state index is 12.8. The van der Waals surface area contributed by atoms with Crippen molar-refractivity contribution in [3.05, 3.63) is 75.8 Å². The molecule has 0 aliphatic carbocycles. The van der Waals surface area contributed by atoms with Crippen molar-refractivity contribution < 1.29 is 28.3 Å². The van der Waals surface area contributed by atoms with Crippen molar-refractivity contribution in [1.82, 2.24) is 10.2 Å². The largest absolute Gasteiger partial charge is 0.460 e. The van der Waals surface area contributed by atoms with Gasteiger partial charge < -0.3 is 15.0 Å². The van der Waals surface area contributed by atoms with Crippen molar-refractivity contribution in [1.29, 1.82) is 0 Å². The number of rotatable bonds is 7. The van der Waals surface area contributed by atoms with Gasteiger partial charge in [0.05, 0.1) is 22.1 Å². The summed E-state index contributed by atoms with van der Waals surface area (Å²) in [6, 6.07) is 13.6. The van der Waals surface area contributed by atoms with Crippen LogP contribution >= 0.6 is 0 Å². The molecule has 0 bridgehead atoms. The Morgan fingerprint density at radius 1 is 1.12 bits per heavy atom. The van der Waals surface area contributed by atoms with Crippen LogP contribution in [0.25, 0.3) is 0 Å². The first-order valence-corrected chi connectivity index (χ1v) is 11.1. The molecular formula is C21H19N3O7S. The van der Waals surface area contributed by atoms with Crippen LogP contribution in [0.2, 0.25) is 0 Å². The van der Waals surface area contributed by atoms with Crippen molar-refractivity contribution in [2.75, 3.05) is 6.54 Å². The number of hydrogen-bond acceptors (Lipinski definition) is 7. The third-order valence-electron chi connectivity index (χ3n) is 5.34. The number of hydrogen-bond donors (Lipinski definition) is 1. The molecule has 2 amide bonds. The van der Waals surface area contributed by atoms with E-state index >= 15 is 0 Å². The standard InChI is InChI=1S/C21H19N3O7S/c25-17(10-13-4-2-1-3-5-13)22-18-19(26)23-11-16(32(30)20(18)23)21(27)31-12-14-6-8-15(9-7-14)24(28)29/h1-9,16,18,20H,10-12H2,(H,22,25). The van der Waals surface area contributed by atoms with E-state index in [1.165, 1.54) is 29.2 Å². The smallest absolute Gasteiger partial charge is 0.323 e. The van der Waals surface area contributed by atoms with Crippen LogP contribution in [-0.2, 0) is 42.9 Å². The Labute approximate surface area is 185 Å². The number of non-ortho nitro benzene ring substituents is 1. The lowest BCUT2D eigenvalue weighted by Crippen LogP contribution is -2.69. The van der Waals surface area contributed by atoms with Crippen LogP contribution in [0.5, 0.6) is 0 Å². The summed E-state index contributed by atoms with van der Waals surface area (Å²) < 4.78 is 18.0. The number of nitro groups is 1. The normalized spacial score (nSPS) is 23.8. The summed E-state index contributed by atoms with van der Waals surface area (Å²) in [6.07, 6.45) is 0.0880. The van der Waals surface area contributed by atoms with Crippen LogP contribution in [0.4, 0.5) is 5.69 Å². The van der Waals surface area contributed by atoms with Gasteiger partial charge in [0.2, 0.25) is 11.8 Å². The molecule has 2 aromatic carbocycles. The van der Waals surface area contributed by atoms with Gasteiger partial charge in [-0.3, -0.25) is 28.7 Å². The Balaban J connectivity index is 1.32. The molecular weight excluding hydrogens is 438 g/mol. The van der Waals surface area contributed by atoms with E-state index < -0.39 is 38.4 Å². The molecule has 4 rings (SSSR count). The third-order valence-corrected chi connectivity index (χ3v) is 7.24. The Bertz CT molecular complexity index is 1090. The fraction of sp³-hybridized carbons (Fsp3) is 0.286. The lowest BCUT2D eigenvalue weighted by molar-refractivity contribution is -0.384. The number of benzene rings is 2. The van der Waals surface area contributed by atoms with E-state index in [2.05, 4.69) is 5.32 Å². The van der Waals surface area contributed by atoms with Gasteiger partial charge in [-0.25, -0.2) is 0 Å². The topological polar surface area (TPSA) is 136 Å². The van der Waals surface area contributed by atoms with Crippen LogP contribution in [0, 0.1) is 10.1 Å². The van der Waals surface area contributed by atoms with Gasteiger partial charge in [-0.1, -0.05) is 30.3 Å². The van der Waals surface area contributed by atoms with Gasteiger partial charge in [0.1, 0.15) is 18.0 Å². The molecule has 4 atom stereocenters. The van der Waals surface area contributed by atoms with Gasteiger partial charge in [0.25, 0.3) is 5.69 Å². The number of amides is 2. The second kappa shape index (κ2) is 8.87. The minimum Gasteiger partial charge on any atom is -0.460 e. The fourth-order valence-corrected chi connectivity index (χ4v) is 5.46. The minimum absolute atomic E-state index is 0.0414. The van der Waals surface area contributed by atoms with Crippen LogP contribution < -0.4 is 5.32 Å². The average Bonchev–Trinajstić information content (AvgIpc) is 3.10. The van der Waals surface area contributed by atoms with E-state index in [9.17, 15) is 28.7 Å². The quantitative estimate of drug-likeness (QED) is 0.279. The molecule has 166 valence electrons. The van der Waals surface area contributed by atoms with Gasteiger partial charge in [-0.05, 0) is 23.3 Å². The minimum atomic E-state index is -1.73. The van der Waals surface area contributed by atoms with Crippen molar-refractivity contribution in [2.45, 2.75) is 29.7 Å². The summed E-state index contributed by atoms with van der Waals surface area (Å²) in [6.45, 7) is -0.180. The van der Waals surface area contributed by atoms with E-state index in [4.69, 9.17) is 4.74 Å². The highest BCUT2D eigenvalue weighted by atomic mass is 32.2. The lowest BCUT2D eigenvalue weighted by atomic mass is 10.1. The summed E-state index contributed by atoms with van der Waals surface area (Å²) in [7, 11) is -1.73. The number of esters is 1. The predicted molar refractivity (Wildman–Crippen MR) is 112 cm³/mol. The molecule has 0 aromatic heterocycles. The lowest BCUT2D eigenvalue weighted by Gasteiger charge is -2.41. The second-order valence-electron chi connectivity index (χ2n) is 7.44. The molecule has 10 nitrogen and oxygen atoms in total. The SMILES string of the molecule is O=C(Cc1ccccc1)NC1C(=O)N2CC(C(=O)OCc3ccc([N+](=O)[O-])cc3)S(=O)C12. The van der Waals surface area contributed by atoms with Crippen LogP contribution in [-0.4, -0.2) is 55.0 Å². The highest BCUT2D eigenvalue weighted by Crippen LogP contribution is 2.33. The number of nitro benzene ring substituents is 1. The van der Waals surface area contributed by atoms with Gasteiger partial charge in [0.15, 0.2) is 5.25 Å². The molecule has 0 saturated carbocycles. The summed E-state index contributed by atoms with van der Waals surface area (Å²) in [5.41, 5.74) is 1.24. The van der Waals surface area contributed by atoms with E-state index in [0.717, 1.165) is 5.56 Å². The van der Waals surface area contributed by atoms with E-state index in [1.807, 2.05) is 6.07 Å². The number of ether oxygens (including phenoxy) is 1. The zero-order chi connectivity index (χ0) is 22.8. The molecule has 2 aliphatic heterocycles. The molecule has 1 N–H and O–H groups in total. The summed E-state index contributed by atoms with van der Waals surface area (Å²) >= 11 is 0. The molecule has 2 heterocycles. The molecule has 2 saturated heterocycles. The number of β-lactam (4-membered cyclic amide) rings is 1. The fourth-order valence-electron chi connectivity index (χ4n) is 3.67. The van der Waals surface area contributed by atoms with Crippen molar-refractivity contribution in [2.24, 2.45) is 0 Å². The number of carbonyl (C=O) groups excluding carboxylic acids is 3. The molecule has 2 fully saturated rings. The molecule has 2 aromatic rings. The maximum atomic E-state index is 12.8. The highest BCUT2D eigenvalue weighted by molar-refractivity contribution is 7.87. The van der Waals surface area contributed by atoms with Crippen LogP contribution in [0.3, 0.4) is 0 Å². The van der Waals surface area contributed by atoms with Crippen molar-refractivity contribution in [3.63, 3.8) is 0 Å². The van der Waals surface area contributed by atoms with E-state index in [0.29, 0.717) is 5.56 Å². The summed E-state index contributed by atoms with van der Waals surface area (Å²) in [4.78, 5) is 48.6. The Morgan fingerprint density at radius 3 is 2.47 bits per heavy atom. The highest BCUT2D eigenvalue weighted by Gasteiger charge is 2.60. The van der Waals surface area contributed by atoms with Gasteiger partial charge in [-0.15, -0.1) is 0 Å². The average molecular weight is 457 g/mol. The summed E-state index contributed by atoms with van der Waals surface area (Å²) in [5.74, 6) is -1.47. The summed E-state index contributed by atoms with van der Waals surface area (Å²) in [5, 5.41) is 11.5. The first-order chi connectivity index (χ1) is 15.3. The first kappa shape index (κ1) is 21.6. The zero-order valence-electron chi connectivity index (χ0n) is 16.7. The van der Waals surface area contributed by atoms with Gasteiger partial charge in [0, 0.05) is 18.7 Å². The molecule has 4 unspecified atom stereocenters. The second-order valence-corrected chi connectivity index (χ2v) is 9.15. The van der Waals surface area contributed by atoms with Crippen LogP contribution in [0.15, 0.2) is 54.6 Å². The third kappa shape index (κ3) is 4.24. The zero-order valence-corrected chi connectivity index (χ0v) is 17.5. The monoisotopic (exact) mass is 457 g/mol. The van der Waals surface area contributed by atoms with Gasteiger partial charge >= 0.3 is 5.97 Å². The Morgan fingerprint density at radius 2 is 1.81 bits per heavy atom. The molecule has 11 heteroatoms. The van der Waals surface area contributed by atoms with E-state index in [-0.39, 0.29) is 37.1 Å². The maximum Gasteiger partial charge on any atom is 0.323 e. The van der Waals surface area contributed by atoms with Crippen molar-refractivity contribution >= 4 is 34.3 Å².